The van der Waals surface area contributed by atoms with E-state index in [1.165, 1.54) is 0 Å². The number of ether oxygens (including phenoxy) is 2. The van der Waals surface area contributed by atoms with Crippen LogP contribution < -0.4 is 5.32 Å². The molecule has 15 heavy (non-hydrogen) atoms. The van der Waals surface area contributed by atoms with Crippen molar-refractivity contribution in [3.8, 4) is 0 Å². The third-order valence-corrected chi connectivity index (χ3v) is 2.94. The number of nitrogens with one attached hydrogen (secondary N) is 1. The van der Waals surface area contributed by atoms with Crippen molar-refractivity contribution in [2.24, 2.45) is 5.92 Å². The highest BCUT2D eigenvalue weighted by molar-refractivity contribution is 4.81. The predicted octanol–water partition coefficient (Wildman–Crippen LogP) is 0.189. The summed E-state index contributed by atoms with van der Waals surface area (Å²) >= 11 is 0. The number of nitrogens with zero attached hydrogens (tertiary/aromatic N) is 1. The summed E-state index contributed by atoms with van der Waals surface area (Å²) in [4.78, 5) is 2.32. The van der Waals surface area contributed by atoms with Crippen LogP contribution in [0.4, 0.5) is 0 Å². The van der Waals surface area contributed by atoms with E-state index in [2.05, 4.69) is 17.3 Å². The Kier molecular flexibility index (Phi) is 6.17. The Hall–Kier alpha value is -0.160. The van der Waals surface area contributed by atoms with Crippen LogP contribution >= 0.6 is 0 Å². The van der Waals surface area contributed by atoms with E-state index < -0.39 is 0 Å². The van der Waals surface area contributed by atoms with Gasteiger partial charge in [0, 0.05) is 31.7 Å². The van der Waals surface area contributed by atoms with E-state index >= 15 is 0 Å². The summed E-state index contributed by atoms with van der Waals surface area (Å²) in [7, 11) is 4.15. The molecule has 1 saturated heterocycles. The van der Waals surface area contributed by atoms with Crippen molar-refractivity contribution in [3.63, 3.8) is 0 Å². The second-order valence-electron chi connectivity index (χ2n) is 4.15. The average molecular weight is 216 g/mol. The van der Waals surface area contributed by atoms with Crippen LogP contribution in [-0.2, 0) is 9.47 Å². The van der Waals surface area contributed by atoms with Gasteiger partial charge in [-0.05, 0) is 21.0 Å². The summed E-state index contributed by atoms with van der Waals surface area (Å²) in [5, 5.41) is 3.30. The molecule has 0 aromatic carbocycles. The summed E-state index contributed by atoms with van der Waals surface area (Å²) in [5.41, 5.74) is 0. The van der Waals surface area contributed by atoms with Crippen LogP contribution in [0.5, 0.6) is 0 Å². The maximum Gasteiger partial charge on any atom is 0.0623 e. The van der Waals surface area contributed by atoms with Gasteiger partial charge in [-0.15, -0.1) is 0 Å². The highest BCUT2D eigenvalue weighted by Crippen LogP contribution is 2.14. The van der Waals surface area contributed by atoms with Gasteiger partial charge in [-0.3, -0.25) is 0 Å². The molecule has 4 nitrogen and oxygen atoms in total. The number of likely N-dealkylation sites (N-methyl/N-ethyl adjacent to an activating group) is 2. The summed E-state index contributed by atoms with van der Waals surface area (Å²) in [6.07, 6.45) is 0. The Labute approximate surface area is 92.9 Å². The van der Waals surface area contributed by atoms with Gasteiger partial charge in [0.15, 0.2) is 0 Å². The lowest BCUT2D eigenvalue weighted by Gasteiger charge is -2.23. The number of hydrogen-bond donors (Lipinski definition) is 1. The van der Waals surface area contributed by atoms with Gasteiger partial charge in [0.2, 0.25) is 0 Å². The first-order valence-electron chi connectivity index (χ1n) is 5.79. The van der Waals surface area contributed by atoms with Crippen LogP contribution in [0.15, 0.2) is 0 Å². The summed E-state index contributed by atoms with van der Waals surface area (Å²) in [6.45, 7) is 7.47. The topological polar surface area (TPSA) is 33.7 Å². The van der Waals surface area contributed by atoms with E-state index in [1.807, 2.05) is 14.0 Å². The minimum Gasteiger partial charge on any atom is -0.380 e. The van der Waals surface area contributed by atoms with Crippen LogP contribution in [0.25, 0.3) is 0 Å². The maximum absolute atomic E-state index is 5.47. The molecule has 0 radical (unpaired) electrons. The van der Waals surface area contributed by atoms with Gasteiger partial charge >= 0.3 is 0 Å². The summed E-state index contributed by atoms with van der Waals surface area (Å²) in [5.74, 6) is 0.613. The first kappa shape index (κ1) is 12.9. The quantitative estimate of drug-likeness (QED) is 0.616. The van der Waals surface area contributed by atoms with E-state index in [0.29, 0.717) is 12.0 Å². The van der Waals surface area contributed by atoms with Crippen LogP contribution in [0.2, 0.25) is 0 Å². The first-order valence-corrected chi connectivity index (χ1v) is 5.79. The number of rotatable bonds is 7. The Morgan fingerprint density at radius 1 is 1.47 bits per heavy atom. The SMILES string of the molecule is CCOCCN(C)CC1COCC1NC. The summed E-state index contributed by atoms with van der Waals surface area (Å²) < 4.78 is 10.8. The van der Waals surface area contributed by atoms with E-state index in [9.17, 15) is 0 Å². The molecule has 0 aromatic rings. The molecule has 1 heterocycles. The molecule has 0 bridgehead atoms. The molecule has 0 aliphatic carbocycles. The molecule has 90 valence electrons. The molecule has 1 fully saturated rings. The Morgan fingerprint density at radius 2 is 2.27 bits per heavy atom. The molecule has 1 N–H and O–H groups in total. The fourth-order valence-electron chi connectivity index (χ4n) is 1.95. The van der Waals surface area contributed by atoms with Crippen LogP contribution in [0.1, 0.15) is 6.92 Å². The van der Waals surface area contributed by atoms with Gasteiger partial charge in [-0.2, -0.15) is 0 Å². The minimum absolute atomic E-state index is 0.513. The van der Waals surface area contributed by atoms with Gasteiger partial charge in [0.1, 0.15) is 0 Å². The average Bonchev–Trinajstić information content (AvgIpc) is 2.65. The molecule has 1 aliphatic heterocycles. The number of hydrogen-bond acceptors (Lipinski definition) is 4. The van der Waals surface area contributed by atoms with Crippen molar-refractivity contribution in [1.29, 1.82) is 0 Å². The second-order valence-corrected chi connectivity index (χ2v) is 4.15. The Morgan fingerprint density at radius 3 is 2.93 bits per heavy atom. The van der Waals surface area contributed by atoms with Crippen molar-refractivity contribution < 1.29 is 9.47 Å². The van der Waals surface area contributed by atoms with Gasteiger partial charge in [-0.1, -0.05) is 0 Å². The van der Waals surface area contributed by atoms with Crippen molar-refractivity contribution in [1.82, 2.24) is 10.2 Å². The van der Waals surface area contributed by atoms with Crippen molar-refractivity contribution >= 4 is 0 Å². The van der Waals surface area contributed by atoms with Crippen molar-refractivity contribution in [2.75, 3.05) is 53.6 Å². The lowest BCUT2D eigenvalue weighted by molar-refractivity contribution is 0.113. The van der Waals surface area contributed by atoms with E-state index in [1.54, 1.807) is 0 Å². The maximum atomic E-state index is 5.47. The molecule has 0 saturated carbocycles. The molecular formula is C11H24N2O2. The molecule has 0 aromatic heterocycles. The third kappa shape index (κ3) is 4.47. The van der Waals surface area contributed by atoms with Gasteiger partial charge in [0.05, 0.1) is 19.8 Å². The van der Waals surface area contributed by atoms with E-state index in [-0.39, 0.29) is 0 Å². The first-order chi connectivity index (χ1) is 7.27. The molecule has 1 aliphatic rings. The predicted molar refractivity (Wildman–Crippen MR) is 61.1 cm³/mol. The van der Waals surface area contributed by atoms with Crippen LogP contribution in [0.3, 0.4) is 0 Å². The normalized spacial score (nSPS) is 26.4. The highest BCUT2D eigenvalue weighted by atomic mass is 16.5. The zero-order chi connectivity index (χ0) is 11.1. The summed E-state index contributed by atoms with van der Waals surface area (Å²) in [6, 6.07) is 0.513. The Bertz CT molecular complexity index is 167. The smallest absolute Gasteiger partial charge is 0.0623 e. The van der Waals surface area contributed by atoms with E-state index in [4.69, 9.17) is 9.47 Å². The van der Waals surface area contributed by atoms with Gasteiger partial charge in [0.25, 0.3) is 0 Å². The molecule has 0 spiro atoms. The largest absolute Gasteiger partial charge is 0.380 e. The second kappa shape index (κ2) is 7.17. The molecule has 2 atom stereocenters. The fraction of sp³-hybridized carbons (Fsp3) is 1.00. The highest BCUT2D eigenvalue weighted by Gasteiger charge is 2.27. The van der Waals surface area contributed by atoms with Crippen LogP contribution in [-0.4, -0.2) is 64.6 Å². The molecule has 2 unspecified atom stereocenters. The van der Waals surface area contributed by atoms with Crippen molar-refractivity contribution in [2.45, 2.75) is 13.0 Å². The Balaban J connectivity index is 2.15. The lowest BCUT2D eigenvalue weighted by atomic mass is 10.0. The zero-order valence-corrected chi connectivity index (χ0v) is 10.2. The van der Waals surface area contributed by atoms with E-state index in [0.717, 1.165) is 39.5 Å². The van der Waals surface area contributed by atoms with Gasteiger partial charge < -0.3 is 19.7 Å². The standard InChI is InChI=1S/C11H24N2O2/c1-4-14-6-5-13(3)7-10-8-15-9-11(10)12-2/h10-12H,4-9H2,1-3H3. The monoisotopic (exact) mass is 216 g/mol. The molecule has 4 heteroatoms. The van der Waals surface area contributed by atoms with Gasteiger partial charge in [-0.25, -0.2) is 0 Å². The lowest BCUT2D eigenvalue weighted by Crippen LogP contribution is -2.39. The zero-order valence-electron chi connectivity index (χ0n) is 10.2. The molecule has 1 rings (SSSR count). The van der Waals surface area contributed by atoms with Crippen molar-refractivity contribution in [3.05, 3.63) is 0 Å². The third-order valence-electron chi connectivity index (χ3n) is 2.94. The minimum atomic E-state index is 0.513. The van der Waals surface area contributed by atoms with Crippen LogP contribution in [0, 0.1) is 5.92 Å². The molecular weight excluding hydrogens is 192 g/mol. The fourth-order valence-corrected chi connectivity index (χ4v) is 1.95. The molecule has 0 amide bonds.